The molecule has 0 saturated heterocycles. The Hall–Kier alpha value is -2.10. The van der Waals surface area contributed by atoms with Crippen LogP contribution in [0.3, 0.4) is 0 Å². The summed E-state index contributed by atoms with van der Waals surface area (Å²) in [5.74, 6) is 0. The molecule has 0 unspecified atom stereocenters. The predicted octanol–water partition coefficient (Wildman–Crippen LogP) is 5.29. The molecule has 28 heavy (non-hydrogen) atoms. The van der Waals surface area contributed by atoms with Crippen LogP contribution in [-0.2, 0) is 12.1 Å². The molecule has 1 aromatic heterocycles. The molecule has 1 aliphatic rings. The first kappa shape index (κ1) is 19.2. The predicted molar refractivity (Wildman–Crippen MR) is 118 cm³/mol. The molecule has 3 aromatic rings. The fraction of sp³-hybridized carbons (Fsp3) is 0.440. The van der Waals surface area contributed by atoms with Gasteiger partial charge in [0.05, 0.1) is 0 Å². The maximum absolute atomic E-state index is 3.75. The molecule has 1 heterocycles. The van der Waals surface area contributed by atoms with Crippen molar-refractivity contribution >= 4 is 10.9 Å². The summed E-state index contributed by atoms with van der Waals surface area (Å²) < 4.78 is 0. The normalized spacial score (nSPS) is 25.4. The van der Waals surface area contributed by atoms with E-state index in [4.69, 9.17) is 0 Å². The van der Waals surface area contributed by atoms with Gasteiger partial charge in [-0.1, -0.05) is 55.5 Å². The number of H-pyrrole nitrogens is 1. The molecule has 0 spiro atoms. The van der Waals surface area contributed by atoms with Gasteiger partial charge in [-0.3, -0.25) is 4.90 Å². The summed E-state index contributed by atoms with van der Waals surface area (Å²) in [6.45, 7) is 4.46. The van der Waals surface area contributed by atoms with Crippen LogP contribution in [0, 0.1) is 5.41 Å². The molecule has 1 saturated carbocycles. The highest BCUT2D eigenvalue weighted by Gasteiger charge is 2.42. The monoisotopic (exact) mass is 375 g/mol. The average molecular weight is 376 g/mol. The van der Waals surface area contributed by atoms with Crippen LogP contribution in [0.1, 0.15) is 43.7 Å². The molecule has 0 radical (unpaired) electrons. The number of fused-ring (bicyclic) bond motifs is 1. The van der Waals surface area contributed by atoms with Crippen molar-refractivity contribution in [3.63, 3.8) is 0 Å². The zero-order valence-corrected chi connectivity index (χ0v) is 17.5. The highest BCUT2D eigenvalue weighted by Crippen LogP contribution is 2.47. The minimum absolute atomic E-state index is 0.178. The molecule has 1 fully saturated rings. The lowest BCUT2D eigenvalue weighted by Gasteiger charge is -2.49. The third kappa shape index (κ3) is 3.61. The summed E-state index contributed by atoms with van der Waals surface area (Å²) in [5.41, 5.74) is 4.59. The molecule has 0 bridgehead atoms. The molecule has 2 N–H and O–H groups in total. The highest BCUT2D eigenvalue weighted by atomic mass is 15.1. The quantitative estimate of drug-likeness (QED) is 0.613. The largest absolute Gasteiger partial charge is 0.361 e. The number of aromatic amines is 1. The highest BCUT2D eigenvalue weighted by molar-refractivity contribution is 5.82. The molecule has 1 aliphatic carbocycles. The fourth-order valence-corrected chi connectivity index (χ4v) is 4.96. The molecule has 148 valence electrons. The van der Waals surface area contributed by atoms with E-state index in [1.807, 2.05) is 0 Å². The van der Waals surface area contributed by atoms with Gasteiger partial charge in [-0.15, -0.1) is 0 Å². The van der Waals surface area contributed by atoms with E-state index in [9.17, 15) is 0 Å². The molecule has 3 heteroatoms. The van der Waals surface area contributed by atoms with Crippen LogP contribution in [0.5, 0.6) is 0 Å². The van der Waals surface area contributed by atoms with Crippen LogP contribution >= 0.6 is 0 Å². The maximum atomic E-state index is 3.75. The van der Waals surface area contributed by atoms with Gasteiger partial charge in [0.1, 0.15) is 0 Å². The van der Waals surface area contributed by atoms with Crippen LogP contribution in [0.4, 0.5) is 0 Å². The van der Waals surface area contributed by atoms with E-state index >= 15 is 0 Å². The topological polar surface area (TPSA) is 31.1 Å². The van der Waals surface area contributed by atoms with E-state index in [0.717, 1.165) is 13.1 Å². The number of aromatic nitrogens is 1. The van der Waals surface area contributed by atoms with Crippen LogP contribution in [0.2, 0.25) is 0 Å². The van der Waals surface area contributed by atoms with Crippen molar-refractivity contribution in [3.8, 4) is 0 Å². The third-order valence-electron chi connectivity index (χ3n) is 6.99. The van der Waals surface area contributed by atoms with E-state index in [-0.39, 0.29) is 5.54 Å². The SMILES string of the molecule is CN(C)C1(c2ccccc2)CCC(C)(CNCc2c[nH]c3ccccc23)CC1. The maximum Gasteiger partial charge on any atom is 0.0457 e. The number of benzene rings is 2. The number of nitrogens with zero attached hydrogens (tertiary/aromatic N) is 1. The molecular formula is C25H33N3. The fourth-order valence-electron chi connectivity index (χ4n) is 4.96. The van der Waals surface area contributed by atoms with Gasteiger partial charge in [-0.05, 0) is 62.4 Å². The Labute approximate surface area is 169 Å². The Morgan fingerprint density at radius 2 is 1.61 bits per heavy atom. The third-order valence-corrected chi connectivity index (χ3v) is 6.99. The van der Waals surface area contributed by atoms with E-state index in [0.29, 0.717) is 5.41 Å². The summed E-state index contributed by atoms with van der Waals surface area (Å²) in [7, 11) is 4.48. The first-order chi connectivity index (χ1) is 13.5. The average Bonchev–Trinajstić information content (AvgIpc) is 3.12. The van der Waals surface area contributed by atoms with Gasteiger partial charge in [-0.25, -0.2) is 0 Å². The van der Waals surface area contributed by atoms with E-state index < -0.39 is 0 Å². The number of nitrogens with one attached hydrogen (secondary N) is 2. The van der Waals surface area contributed by atoms with E-state index in [1.54, 1.807) is 0 Å². The van der Waals surface area contributed by atoms with Gasteiger partial charge in [0.15, 0.2) is 0 Å². The lowest BCUT2D eigenvalue weighted by molar-refractivity contribution is 0.0424. The van der Waals surface area contributed by atoms with Crippen molar-refractivity contribution in [2.24, 2.45) is 5.41 Å². The van der Waals surface area contributed by atoms with Gasteiger partial charge >= 0.3 is 0 Å². The second-order valence-corrected chi connectivity index (χ2v) is 9.07. The number of hydrogen-bond donors (Lipinski definition) is 2. The van der Waals surface area contributed by atoms with Crippen LogP contribution < -0.4 is 5.32 Å². The van der Waals surface area contributed by atoms with Crippen molar-refractivity contribution in [2.45, 2.75) is 44.7 Å². The number of para-hydroxylation sites is 1. The second-order valence-electron chi connectivity index (χ2n) is 9.07. The summed E-state index contributed by atoms with van der Waals surface area (Å²) >= 11 is 0. The Morgan fingerprint density at radius 1 is 0.929 bits per heavy atom. The Morgan fingerprint density at radius 3 is 2.32 bits per heavy atom. The second kappa shape index (κ2) is 7.73. The summed E-state index contributed by atoms with van der Waals surface area (Å²) in [4.78, 5) is 5.83. The lowest BCUT2D eigenvalue weighted by Crippen LogP contribution is -2.48. The molecular weight excluding hydrogens is 342 g/mol. The van der Waals surface area contributed by atoms with Gasteiger partial charge in [0, 0.05) is 35.7 Å². The summed E-state index contributed by atoms with van der Waals surface area (Å²) in [5, 5.41) is 5.09. The van der Waals surface area contributed by atoms with Crippen molar-refractivity contribution < 1.29 is 0 Å². The van der Waals surface area contributed by atoms with E-state index in [1.165, 1.54) is 47.7 Å². The van der Waals surface area contributed by atoms with Gasteiger partial charge in [0.2, 0.25) is 0 Å². The van der Waals surface area contributed by atoms with Gasteiger partial charge < -0.3 is 10.3 Å². The van der Waals surface area contributed by atoms with Gasteiger partial charge in [-0.2, -0.15) is 0 Å². The van der Waals surface area contributed by atoms with Crippen molar-refractivity contribution in [1.29, 1.82) is 0 Å². The zero-order chi connectivity index (χ0) is 19.6. The van der Waals surface area contributed by atoms with Crippen molar-refractivity contribution in [1.82, 2.24) is 15.2 Å². The standard InChI is InChI=1S/C25H33N3/c1-24(19-26-17-20-18-27-23-12-8-7-11-22(20)23)13-15-25(16-14-24,28(2)3)21-9-5-4-6-10-21/h4-12,18,26-27H,13-17,19H2,1-3H3. The Bertz CT molecular complexity index is 902. The summed E-state index contributed by atoms with van der Waals surface area (Å²) in [6.07, 6.45) is 7.08. The molecule has 3 nitrogen and oxygen atoms in total. The Balaban J connectivity index is 1.39. The van der Waals surface area contributed by atoms with Crippen molar-refractivity contribution in [3.05, 3.63) is 71.9 Å². The first-order valence-corrected chi connectivity index (χ1v) is 10.5. The molecule has 0 amide bonds. The van der Waals surface area contributed by atoms with Crippen molar-refractivity contribution in [2.75, 3.05) is 20.6 Å². The first-order valence-electron chi connectivity index (χ1n) is 10.5. The minimum atomic E-state index is 0.178. The lowest BCUT2D eigenvalue weighted by atomic mass is 9.65. The smallest absolute Gasteiger partial charge is 0.0457 e. The number of hydrogen-bond acceptors (Lipinski definition) is 2. The molecule has 4 rings (SSSR count). The zero-order valence-electron chi connectivity index (χ0n) is 17.5. The van der Waals surface area contributed by atoms with Gasteiger partial charge in [0.25, 0.3) is 0 Å². The van der Waals surface area contributed by atoms with Crippen LogP contribution in [0.15, 0.2) is 60.8 Å². The summed E-state index contributed by atoms with van der Waals surface area (Å²) in [6, 6.07) is 19.6. The molecule has 0 atom stereocenters. The molecule has 2 aromatic carbocycles. The van der Waals surface area contributed by atoms with Crippen LogP contribution in [-0.4, -0.2) is 30.5 Å². The van der Waals surface area contributed by atoms with E-state index in [2.05, 4.69) is 97.0 Å². The number of rotatable bonds is 6. The van der Waals surface area contributed by atoms with Crippen LogP contribution in [0.25, 0.3) is 10.9 Å². The Kier molecular flexibility index (Phi) is 5.31. The molecule has 0 aliphatic heterocycles. The minimum Gasteiger partial charge on any atom is -0.361 e.